The van der Waals surface area contributed by atoms with Crippen LogP contribution in [0.4, 0.5) is 13.2 Å². The minimum Gasteiger partial charge on any atom is -0.469 e. The summed E-state index contributed by atoms with van der Waals surface area (Å²) in [4.78, 5) is 12.3. The maximum atomic E-state index is 12.8. The molecule has 0 radical (unpaired) electrons. The van der Waals surface area contributed by atoms with Crippen molar-refractivity contribution in [2.75, 3.05) is 6.26 Å². The molecular formula is C15H13F3O4S. The number of ether oxygens (including phenoxy) is 1. The third kappa shape index (κ3) is 3.82. The molecule has 0 spiro atoms. The van der Waals surface area contributed by atoms with Crippen LogP contribution in [-0.4, -0.2) is 16.4 Å². The van der Waals surface area contributed by atoms with Gasteiger partial charge >= 0.3 is 12.1 Å². The van der Waals surface area contributed by atoms with Gasteiger partial charge < -0.3 is 9.15 Å². The molecule has 8 heteroatoms. The van der Waals surface area contributed by atoms with E-state index in [1.54, 1.807) is 12.1 Å². The molecule has 0 bridgehead atoms. The second kappa shape index (κ2) is 6.57. The van der Waals surface area contributed by atoms with Crippen molar-refractivity contribution in [2.24, 2.45) is 0 Å². The summed E-state index contributed by atoms with van der Waals surface area (Å²) < 4.78 is 59.8. The number of furan rings is 1. The van der Waals surface area contributed by atoms with Crippen LogP contribution in [0.3, 0.4) is 0 Å². The zero-order valence-electron chi connectivity index (χ0n) is 12.3. The lowest BCUT2D eigenvalue weighted by atomic mass is 10.1. The Morgan fingerprint density at radius 1 is 1.30 bits per heavy atom. The molecule has 0 N–H and O–H groups in total. The minimum atomic E-state index is -4.59. The largest absolute Gasteiger partial charge is 0.469 e. The average Bonchev–Trinajstić information content (AvgIpc) is 2.85. The highest BCUT2D eigenvalue weighted by atomic mass is 32.2. The highest BCUT2D eigenvalue weighted by Crippen LogP contribution is 2.35. The fourth-order valence-electron chi connectivity index (χ4n) is 2.00. The van der Waals surface area contributed by atoms with E-state index in [4.69, 9.17) is 9.15 Å². The monoisotopic (exact) mass is 346 g/mol. The van der Waals surface area contributed by atoms with E-state index in [2.05, 4.69) is 0 Å². The van der Waals surface area contributed by atoms with Crippen molar-refractivity contribution in [1.29, 1.82) is 0 Å². The zero-order chi connectivity index (χ0) is 17.2. The molecule has 1 heterocycles. The Labute approximate surface area is 132 Å². The normalized spacial score (nSPS) is 12.9. The predicted molar refractivity (Wildman–Crippen MR) is 76.3 cm³/mol. The average molecular weight is 346 g/mol. The smallest absolute Gasteiger partial charge is 0.419 e. The molecule has 1 aromatic heterocycles. The quantitative estimate of drug-likeness (QED) is 0.792. The third-order valence-electron chi connectivity index (χ3n) is 3.17. The van der Waals surface area contributed by atoms with Gasteiger partial charge in [0, 0.05) is 11.8 Å². The van der Waals surface area contributed by atoms with E-state index in [1.165, 1.54) is 25.3 Å². The van der Waals surface area contributed by atoms with Crippen LogP contribution < -0.4 is 0 Å². The molecule has 0 aliphatic rings. The van der Waals surface area contributed by atoms with E-state index in [1.807, 2.05) is 0 Å². The van der Waals surface area contributed by atoms with Crippen LogP contribution in [-0.2, 0) is 28.3 Å². The van der Waals surface area contributed by atoms with Crippen molar-refractivity contribution in [2.45, 2.75) is 24.6 Å². The lowest BCUT2D eigenvalue weighted by Crippen LogP contribution is -2.12. The third-order valence-corrected chi connectivity index (χ3v) is 4.15. The molecular weight excluding hydrogens is 333 g/mol. The Balaban J connectivity index is 2.21. The first-order chi connectivity index (χ1) is 10.7. The summed E-state index contributed by atoms with van der Waals surface area (Å²) >= 11 is 0. The Kier molecular flexibility index (Phi) is 4.93. The lowest BCUT2D eigenvalue weighted by molar-refractivity contribution is -0.139. The number of hydrogen-bond acceptors (Lipinski definition) is 4. The first-order valence-electron chi connectivity index (χ1n) is 6.45. The van der Waals surface area contributed by atoms with Crippen LogP contribution in [0.2, 0.25) is 0 Å². The van der Waals surface area contributed by atoms with Gasteiger partial charge in [0.2, 0.25) is 0 Å². The summed E-state index contributed by atoms with van der Waals surface area (Å²) in [5.74, 6) is -0.818. The molecule has 4 nitrogen and oxygen atoms in total. The zero-order valence-corrected chi connectivity index (χ0v) is 13.1. The van der Waals surface area contributed by atoms with E-state index in [9.17, 15) is 22.2 Å². The molecule has 0 fully saturated rings. The second-order valence-electron chi connectivity index (χ2n) is 4.71. The molecule has 0 aliphatic heterocycles. The number of alkyl halides is 3. The van der Waals surface area contributed by atoms with Crippen LogP contribution >= 0.6 is 0 Å². The van der Waals surface area contributed by atoms with E-state index >= 15 is 0 Å². The van der Waals surface area contributed by atoms with Gasteiger partial charge in [-0.3, -0.25) is 4.21 Å². The van der Waals surface area contributed by atoms with Crippen molar-refractivity contribution in [1.82, 2.24) is 0 Å². The van der Waals surface area contributed by atoms with Crippen molar-refractivity contribution in [3.8, 4) is 0 Å². The number of carbonyl (C=O) groups excluding carboxylic acids is 1. The summed E-state index contributed by atoms with van der Waals surface area (Å²) in [6, 6.07) is 6.07. The van der Waals surface area contributed by atoms with Crippen LogP contribution in [0, 0.1) is 6.92 Å². The summed E-state index contributed by atoms with van der Waals surface area (Å²) in [7, 11) is -1.42. The Hall–Kier alpha value is -2.09. The van der Waals surface area contributed by atoms with Crippen molar-refractivity contribution >= 4 is 16.8 Å². The molecule has 1 unspecified atom stereocenters. The summed E-state index contributed by atoms with van der Waals surface area (Å²) in [6.45, 7) is 0.772. The van der Waals surface area contributed by atoms with Gasteiger partial charge in [-0.1, -0.05) is 12.1 Å². The van der Waals surface area contributed by atoms with Crippen LogP contribution in [0.5, 0.6) is 0 Å². The number of hydrogen-bond donors (Lipinski definition) is 0. The summed E-state index contributed by atoms with van der Waals surface area (Å²) in [6.07, 6.45) is -2.61. The van der Waals surface area contributed by atoms with E-state index < -0.39 is 35.1 Å². The van der Waals surface area contributed by atoms with Crippen molar-refractivity contribution < 1.29 is 31.3 Å². The SMILES string of the molecule is Cc1occ(C(F)(F)F)c1COC(=O)c1ccccc1S(C)=O. The molecule has 124 valence electrons. The molecule has 0 amide bonds. The fourth-order valence-corrected chi connectivity index (χ4v) is 2.73. The van der Waals surface area contributed by atoms with Gasteiger partial charge in [0.05, 0.1) is 21.3 Å². The van der Waals surface area contributed by atoms with Gasteiger partial charge in [-0.2, -0.15) is 13.2 Å². The van der Waals surface area contributed by atoms with Gasteiger partial charge in [-0.25, -0.2) is 4.79 Å². The standard InChI is InChI=1S/C15H13F3O4S/c1-9-11(12(8-21-9)15(16,17)18)7-22-14(19)10-5-3-4-6-13(10)23(2)20/h3-6,8H,7H2,1-2H3. The maximum absolute atomic E-state index is 12.8. The number of halogens is 3. The number of carbonyl (C=O) groups is 1. The Bertz CT molecular complexity index is 749. The molecule has 2 rings (SSSR count). The topological polar surface area (TPSA) is 56.5 Å². The van der Waals surface area contributed by atoms with Crippen molar-refractivity contribution in [3.05, 3.63) is 53.0 Å². The van der Waals surface area contributed by atoms with Crippen LogP contribution in [0.25, 0.3) is 0 Å². The fraction of sp³-hybridized carbons (Fsp3) is 0.267. The highest BCUT2D eigenvalue weighted by Gasteiger charge is 2.36. The Morgan fingerprint density at radius 2 is 1.96 bits per heavy atom. The molecule has 0 aliphatic carbocycles. The molecule has 2 aromatic rings. The highest BCUT2D eigenvalue weighted by molar-refractivity contribution is 7.84. The number of aryl methyl sites for hydroxylation is 1. The summed E-state index contributed by atoms with van der Waals surface area (Å²) in [5, 5.41) is 0. The van der Waals surface area contributed by atoms with Gasteiger partial charge in [0.1, 0.15) is 24.2 Å². The lowest BCUT2D eigenvalue weighted by Gasteiger charge is -2.10. The van der Waals surface area contributed by atoms with Crippen LogP contribution in [0.15, 0.2) is 39.8 Å². The molecule has 1 atom stereocenters. The van der Waals surface area contributed by atoms with Gasteiger partial charge in [-0.05, 0) is 19.1 Å². The number of rotatable bonds is 4. The van der Waals surface area contributed by atoms with Crippen LogP contribution in [0.1, 0.15) is 27.2 Å². The number of benzene rings is 1. The van der Waals surface area contributed by atoms with Crippen molar-refractivity contribution in [3.63, 3.8) is 0 Å². The molecule has 0 saturated heterocycles. The van der Waals surface area contributed by atoms with E-state index in [-0.39, 0.29) is 21.8 Å². The molecule has 1 aromatic carbocycles. The minimum absolute atomic E-state index is 0.0254. The van der Waals surface area contributed by atoms with E-state index in [0.29, 0.717) is 6.26 Å². The first kappa shape index (κ1) is 17.3. The van der Waals surface area contributed by atoms with E-state index in [0.717, 1.165) is 0 Å². The van der Waals surface area contributed by atoms with Gasteiger partial charge in [0.15, 0.2) is 0 Å². The summed E-state index contributed by atoms with van der Waals surface area (Å²) in [5.41, 5.74) is -1.15. The van der Waals surface area contributed by atoms with Gasteiger partial charge in [-0.15, -0.1) is 0 Å². The molecule has 23 heavy (non-hydrogen) atoms. The second-order valence-corrected chi connectivity index (χ2v) is 6.06. The predicted octanol–water partition coefficient (Wildman–Crippen LogP) is 3.70. The van der Waals surface area contributed by atoms with Gasteiger partial charge in [0.25, 0.3) is 0 Å². The molecule has 0 saturated carbocycles. The number of esters is 1. The Morgan fingerprint density at radius 3 is 2.57 bits per heavy atom. The maximum Gasteiger partial charge on any atom is 0.419 e. The first-order valence-corrected chi connectivity index (χ1v) is 8.01.